The molecule has 2 rings (SSSR count). The van der Waals surface area contributed by atoms with Crippen molar-refractivity contribution in [2.45, 2.75) is 6.04 Å². The van der Waals surface area contributed by atoms with Crippen LogP contribution in [0, 0.1) is 5.41 Å². The molecule has 0 aliphatic rings. The van der Waals surface area contributed by atoms with Crippen LogP contribution in [0.25, 0.3) is 0 Å². The summed E-state index contributed by atoms with van der Waals surface area (Å²) in [5.74, 6) is -2.60. The van der Waals surface area contributed by atoms with Gasteiger partial charge in [-0.1, -0.05) is 15.9 Å². The number of carbonyl (C=O) groups excluding carboxylic acids is 4. The van der Waals surface area contributed by atoms with E-state index in [1.807, 2.05) is 0 Å². The van der Waals surface area contributed by atoms with Crippen LogP contribution in [0.1, 0.15) is 10.4 Å². The maximum atomic E-state index is 12.2. The van der Waals surface area contributed by atoms with Gasteiger partial charge in [-0.15, -0.1) is 0 Å². The average molecular weight is 599 g/mol. The largest absolute Gasteiger partial charge is 0.394 e. The van der Waals surface area contributed by atoms with E-state index >= 15 is 0 Å². The minimum Gasteiger partial charge on any atom is -0.394 e. The number of nitrogens with two attached hydrogens (primary N) is 1. The van der Waals surface area contributed by atoms with Crippen LogP contribution in [0.15, 0.2) is 51.4 Å². The second-order valence-corrected chi connectivity index (χ2v) is 8.44. The molecule has 2 aromatic rings. The maximum Gasteiger partial charge on any atom is 0.320 e. The van der Waals surface area contributed by atoms with Gasteiger partial charge in [0.25, 0.3) is 5.91 Å². The van der Waals surface area contributed by atoms with Crippen LogP contribution in [0.2, 0.25) is 0 Å². The van der Waals surface area contributed by atoms with Crippen LogP contribution in [-0.4, -0.2) is 54.0 Å². The lowest BCUT2D eigenvalue weighted by atomic mass is 10.2. The highest BCUT2D eigenvalue weighted by Gasteiger charge is 2.21. The fourth-order valence-electron chi connectivity index (χ4n) is 2.50. The number of anilines is 2. The quantitative estimate of drug-likeness (QED) is 0.164. The van der Waals surface area contributed by atoms with E-state index in [0.29, 0.717) is 15.8 Å². The van der Waals surface area contributed by atoms with E-state index in [1.165, 1.54) is 24.3 Å². The maximum absolute atomic E-state index is 12.2. The van der Waals surface area contributed by atoms with Gasteiger partial charge in [0, 0.05) is 20.2 Å². The van der Waals surface area contributed by atoms with Gasteiger partial charge in [0.1, 0.15) is 6.04 Å². The normalized spacial score (nSPS) is 11.0. The third kappa shape index (κ3) is 8.46. The van der Waals surface area contributed by atoms with Gasteiger partial charge in [-0.3, -0.25) is 25.1 Å². The first-order valence-electron chi connectivity index (χ1n) is 9.55. The van der Waals surface area contributed by atoms with E-state index in [4.69, 9.17) is 11.1 Å². The van der Waals surface area contributed by atoms with Crippen LogP contribution in [-0.2, 0) is 9.59 Å². The lowest BCUT2D eigenvalue weighted by Gasteiger charge is -2.17. The number of hydrogen-bond donors (Lipinski definition) is 8. The molecule has 5 amide bonds. The number of benzene rings is 2. The lowest BCUT2D eigenvalue weighted by molar-refractivity contribution is -0.127. The Morgan fingerprint density at radius 1 is 1.03 bits per heavy atom. The summed E-state index contributed by atoms with van der Waals surface area (Å²) in [7, 11) is 0. The number of halogens is 2. The van der Waals surface area contributed by atoms with Gasteiger partial charge in [0.2, 0.25) is 11.8 Å². The molecule has 14 heteroatoms. The van der Waals surface area contributed by atoms with Crippen molar-refractivity contribution in [1.82, 2.24) is 16.0 Å². The van der Waals surface area contributed by atoms with Gasteiger partial charge in [-0.05, 0) is 58.4 Å². The molecule has 0 bridgehead atoms. The SMILES string of the molecule is N=C(N)Nc1ccc(C(=O)NC(=O)CNC(=O)[C@H](CO)NC(=O)Nc2ccc(Br)cc2Br)cc1. The molecule has 180 valence electrons. The number of nitrogens with one attached hydrogen (secondary N) is 6. The smallest absolute Gasteiger partial charge is 0.320 e. The molecule has 0 radical (unpaired) electrons. The van der Waals surface area contributed by atoms with E-state index < -0.39 is 42.9 Å². The molecule has 0 fully saturated rings. The summed E-state index contributed by atoms with van der Waals surface area (Å²) in [6.45, 7) is -1.28. The third-order valence-corrected chi connectivity index (χ3v) is 5.24. The van der Waals surface area contributed by atoms with E-state index in [2.05, 4.69) is 58.4 Å². The predicted octanol–water partition coefficient (Wildman–Crippen LogP) is 1.07. The first-order chi connectivity index (χ1) is 16.1. The standard InChI is InChI=1S/C20H21Br2N7O5/c21-11-3-6-14(13(22)7-11)27-20(34)28-15(9-30)18(33)25-8-16(31)29-17(32)10-1-4-12(5-2-10)26-19(23)24/h1-7,15,30H,8-9H2,(H,25,33)(H4,23,24,26)(H2,27,28,34)(H,29,31,32)/t15-/m0/s1. The Morgan fingerprint density at radius 3 is 2.29 bits per heavy atom. The van der Waals surface area contributed by atoms with Crippen molar-refractivity contribution in [3.05, 3.63) is 57.0 Å². The molecule has 2 aromatic carbocycles. The van der Waals surface area contributed by atoms with E-state index in [1.54, 1.807) is 18.2 Å². The number of guanidine groups is 1. The summed E-state index contributed by atoms with van der Waals surface area (Å²) in [6.07, 6.45) is 0. The van der Waals surface area contributed by atoms with Crippen molar-refractivity contribution in [3.8, 4) is 0 Å². The molecule has 0 spiro atoms. The Hall–Kier alpha value is -3.49. The average Bonchev–Trinajstić information content (AvgIpc) is 2.77. The number of aliphatic hydroxyl groups is 1. The zero-order valence-corrected chi connectivity index (χ0v) is 20.6. The molecule has 0 saturated carbocycles. The van der Waals surface area contributed by atoms with Crippen LogP contribution >= 0.6 is 31.9 Å². The highest BCUT2D eigenvalue weighted by atomic mass is 79.9. The first kappa shape index (κ1) is 26.8. The van der Waals surface area contributed by atoms with Crippen LogP contribution in [0.5, 0.6) is 0 Å². The molecular weight excluding hydrogens is 578 g/mol. The topological polar surface area (TPSA) is 199 Å². The third-order valence-electron chi connectivity index (χ3n) is 4.09. The Labute approximate surface area is 210 Å². The molecule has 0 heterocycles. The molecule has 0 aliphatic carbocycles. The second kappa shape index (κ2) is 12.7. The van der Waals surface area contributed by atoms with Crippen molar-refractivity contribution in [2.24, 2.45) is 5.73 Å². The Balaban J connectivity index is 1.83. The molecule has 0 unspecified atom stereocenters. The summed E-state index contributed by atoms with van der Waals surface area (Å²) >= 11 is 6.58. The van der Waals surface area contributed by atoms with Gasteiger partial charge >= 0.3 is 6.03 Å². The Morgan fingerprint density at radius 2 is 1.71 bits per heavy atom. The number of amides is 5. The molecule has 0 aliphatic heterocycles. The van der Waals surface area contributed by atoms with Crippen LogP contribution < -0.4 is 32.3 Å². The predicted molar refractivity (Wildman–Crippen MR) is 132 cm³/mol. The number of aliphatic hydroxyl groups excluding tert-OH is 1. The molecule has 1 atom stereocenters. The molecule has 0 saturated heterocycles. The number of urea groups is 1. The van der Waals surface area contributed by atoms with Gasteiger partial charge in [0.05, 0.1) is 18.8 Å². The molecule has 34 heavy (non-hydrogen) atoms. The molecular formula is C20H21Br2N7O5. The minimum atomic E-state index is -1.33. The second-order valence-electron chi connectivity index (χ2n) is 6.67. The lowest BCUT2D eigenvalue weighted by Crippen LogP contribution is -2.52. The highest BCUT2D eigenvalue weighted by Crippen LogP contribution is 2.26. The number of carbonyl (C=O) groups is 4. The van der Waals surface area contributed by atoms with Gasteiger partial charge < -0.3 is 32.1 Å². The van der Waals surface area contributed by atoms with Crippen molar-refractivity contribution in [1.29, 1.82) is 5.41 Å². The Bertz CT molecular complexity index is 1100. The summed E-state index contributed by atoms with van der Waals surface area (Å²) in [6, 6.07) is 8.78. The first-order valence-corrected chi connectivity index (χ1v) is 11.1. The number of hydrogen-bond acceptors (Lipinski definition) is 6. The zero-order chi connectivity index (χ0) is 25.3. The Kier molecular flexibility index (Phi) is 9.97. The monoisotopic (exact) mass is 597 g/mol. The highest BCUT2D eigenvalue weighted by molar-refractivity contribution is 9.11. The zero-order valence-electron chi connectivity index (χ0n) is 17.4. The van der Waals surface area contributed by atoms with Crippen molar-refractivity contribution in [3.63, 3.8) is 0 Å². The summed E-state index contributed by atoms with van der Waals surface area (Å²) in [4.78, 5) is 48.5. The van der Waals surface area contributed by atoms with E-state index in [-0.39, 0.29) is 11.5 Å². The van der Waals surface area contributed by atoms with Gasteiger partial charge in [-0.25, -0.2) is 4.79 Å². The molecule has 9 N–H and O–H groups in total. The van der Waals surface area contributed by atoms with Crippen molar-refractivity contribution in [2.75, 3.05) is 23.8 Å². The van der Waals surface area contributed by atoms with Crippen molar-refractivity contribution >= 4 is 72.9 Å². The molecule has 12 nitrogen and oxygen atoms in total. The van der Waals surface area contributed by atoms with Gasteiger partial charge in [-0.2, -0.15) is 0 Å². The van der Waals surface area contributed by atoms with Crippen LogP contribution in [0.4, 0.5) is 16.2 Å². The number of imide groups is 1. The summed E-state index contributed by atoms with van der Waals surface area (Å²) in [5.41, 5.74) is 6.30. The number of rotatable bonds is 8. The van der Waals surface area contributed by atoms with Gasteiger partial charge in [0.15, 0.2) is 5.96 Å². The van der Waals surface area contributed by atoms with Crippen LogP contribution in [0.3, 0.4) is 0 Å². The van der Waals surface area contributed by atoms with E-state index in [0.717, 1.165) is 4.47 Å². The minimum absolute atomic E-state index is 0.166. The van der Waals surface area contributed by atoms with E-state index in [9.17, 15) is 24.3 Å². The molecule has 0 aromatic heterocycles. The fourth-order valence-corrected chi connectivity index (χ4v) is 3.64. The summed E-state index contributed by atoms with van der Waals surface area (Å²) in [5, 5.41) is 28.3. The van der Waals surface area contributed by atoms with Crippen molar-refractivity contribution < 1.29 is 24.3 Å². The summed E-state index contributed by atoms with van der Waals surface area (Å²) < 4.78 is 1.38. The fraction of sp³-hybridized carbons (Fsp3) is 0.150.